The molecule has 0 unspecified atom stereocenters. The molecule has 1 fully saturated rings. The summed E-state index contributed by atoms with van der Waals surface area (Å²) in [6, 6.07) is 8.58. The number of carbonyl (C=O) groups is 1. The van der Waals surface area contributed by atoms with Crippen LogP contribution in [0, 0.1) is 11.3 Å². The maximum absolute atomic E-state index is 12.8. The van der Waals surface area contributed by atoms with Gasteiger partial charge < -0.3 is 14.8 Å². The fourth-order valence-corrected chi connectivity index (χ4v) is 5.88. The third kappa shape index (κ3) is 3.47. The van der Waals surface area contributed by atoms with Crippen molar-refractivity contribution < 1.29 is 14.3 Å². The minimum Gasteiger partial charge on any atom is -0.486 e. The van der Waals surface area contributed by atoms with Gasteiger partial charge in [0.05, 0.1) is 12.1 Å². The van der Waals surface area contributed by atoms with Crippen LogP contribution < -0.4 is 14.8 Å². The Balaban J connectivity index is 1.29. The van der Waals surface area contributed by atoms with Gasteiger partial charge in [0, 0.05) is 10.9 Å². The van der Waals surface area contributed by atoms with Gasteiger partial charge in [0.1, 0.15) is 24.3 Å². The molecule has 3 heterocycles. The van der Waals surface area contributed by atoms with Crippen LogP contribution >= 0.6 is 11.3 Å². The zero-order valence-electron chi connectivity index (χ0n) is 16.2. The van der Waals surface area contributed by atoms with E-state index in [2.05, 4.69) is 22.4 Å². The number of anilines is 1. The molecule has 1 N–H and O–H groups in total. The summed E-state index contributed by atoms with van der Waals surface area (Å²) in [6.45, 7) is 2.36. The van der Waals surface area contributed by atoms with Crippen LogP contribution in [0.25, 0.3) is 0 Å². The zero-order chi connectivity index (χ0) is 19.8. The lowest BCUT2D eigenvalue weighted by Gasteiger charge is -2.26. The number of rotatable bonds is 4. The van der Waals surface area contributed by atoms with Crippen molar-refractivity contribution >= 4 is 22.2 Å². The second-order valence-electron chi connectivity index (χ2n) is 7.75. The van der Waals surface area contributed by atoms with Gasteiger partial charge in [0.2, 0.25) is 5.91 Å². The third-order valence-corrected chi connectivity index (χ3v) is 7.15. The number of benzene rings is 1. The summed E-state index contributed by atoms with van der Waals surface area (Å²) in [6.07, 6.45) is 5.15. The van der Waals surface area contributed by atoms with E-state index in [1.54, 1.807) is 11.3 Å². The predicted octanol–water partition coefficient (Wildman–Crippen LogP) is 3.66. The van der Waals surface area contributed by atoms with Gasteiger partial charge in [0.25, 0.3) is 0 Å². The first-order valence-corrected chi connectivity index (χ1v) is 11.0. The monoisotopic (exact) mass is 409 g/mol. The van der Waals surface area contributed by atoms with Crippen LogP contribution in [0.1, 0.15) is 46.9 Å². The number of hydrogen-bond acceptors (Lipinski definition) is 6. The van der Waals surface area contributed by atoms with E-state index < -0.39 is 0 Å². The fraction of sp³-hybridized carbons (Fsp3) is 0.455. The van der Waals surface area contributed by atoms with Gasteiger partial charge >= 0.3 is 0 Å². The van der Waals surface area contributed by atoms with Crippen LogP contribution in [0.4, 0.5) is 5.00 Å². The summed E-state index contributed by atoms with van der Waals surface area (Å²) >= 11 is 1.57. The largest absolute Gasteiger partial charge is 0.486 e. The molecule has 5 rings (SSSR count). The standard InChI is InChI=1S/C22H23N3O3S/c23-12-16-15-3-1-5-20(15)29-22(16)24-21(26)13-25-8-2-4-17(25)14-6-7-18-19(11-14)28-10-9-27-18/h6-7,11,17H,1-5,8-10,13H2,(H,24,26)/t17-/m1/s1. The van der Waals surface area contributed by atoms with Crippen LogP contribution in [0.5, 0.6) is 11.5 Å². The first-order valence-electron chi connectivity index (χ1n) is 10.2. The highest BCUT2D eigenvalue weighted by Gasteiger charge is 2.30. The average molecular weight is 410 g/mol. The first-order chi connectivity index (χ1) is 14.2. The molecule has 0 saturated carbocycles. The van der Waals surface area contributed by atoms with Crippen molar-refractivity contribution in [2.24, 2.45) is 0 Å². The molecular formula is C22H23N3O3S. The lowest BCUT2D eigenvalue weighted by Crippen LogP contribution is -2.33. The van der Waals surface area contributed by atoms with Crippen molar-refractivity contribution in [3.05, 3.63) is 39.8 Å². The molecular weight excluding hydrogens is 386 g/mol. The number of amides is 1. The molecule has 2 aromatic rings. The van der Waals surface area contributed by atoms with Crippen LogP contribution in [-0.2, 0) is 17.6 Å². The summed E-state index contributed by atoms with van der Waals surface area (Å²) in [5.41, 5.74) is 2.97. The van der Waals surface area contributed by atoms with Gasteiger partial charge in [-0.3, -0.25) is 9.69 Å². The lowest BCUT2D eigenvalue weighted by molar-refractivity contribution is -0.117. The number of aryl methyl sites for hydroxylation is 1. The molecule has 150 valence electrons. The van der Waals surface area contributed by atoms with Gasteiger partial charge in [-0.25, -0.2) is 0 Å². The molecule has 1 atom stereocenters. The number of hydrogen-bond donors (Lipinski definition) is 1. The highest BCUT2D eigenvalue weighted by Crippen LogP contribution is 2.40. The number of nitriles is 1. The molecule has 3 aliphatic rings. The van der Waals surface area contributed by atoms with Crippen molar-refractivity contribution in [2.45, 2.75) is 38.1 Å². The van der Waals surface area contributed by atoms with Crippen LogP contribution in [-0.4, -0.2) is 37.1 Å². The fourth-order valence-electron chi connectivity index (χ4n) is 4.62. The Labute approximate surface area is 174 Å². The minimum atomic E-state index is -0.0501. The van der Waals surface area contributed by atoms with E-state index in [1.807, 2.05) is 12.1 Å². The summed E-state index contributed by atoms with van der Waals surface area (Å²) in [5, 5.41) is 13.3. The summed E-state index contributed by atoms with van der Waals surface area (Å²) < 4.78 is 11.3. The molecule has 0 radical (unpaired) electrons. The maximum atomic E-state index is 12.8. The van der Waals surface area contributed by atoms with E-state index in [-0.39, 0.29) is 11.9 Å². The molecule has 1 aliphatic carbocycles. The van der Waals surface area contributed by atoms with E-state index in [1.165, 1.54) is 4.88 Å². The third-order valence-electron chi connectivity index (χ3n) is 5.95. The Hall–Kier alpha value is -2.56. The summed E-state index contributed by atoms with van der Waals surface area (Å²) in [7, 11) is 0. The summed E-state index contributed by atoms with van der Waals surface area (Å²) in [5.74, 6) is 1.53. The van der Waals surface area contributed by atoms with Gasteiger partial charge in [0.15, 0.2) is 11.5 Å². The van der Waals surface area contributed by atoms with Crippen molar-refractivity contribution in [2.75, 3.05) is 31.6 Å². The van der Waals surface area contributed by atoms with E-state index in [0.29, 0.717) is 25.3 Å². The number of ether oxygens (including phenoxy) is 2. The second kappa shape index (κ2) is 7.69. The van der Waals surface area contributed by atoms with E-state index in [4.69, 9.17) is 9.47 Å². The SMILES string of the molecule is N#Cc1c(NC(=O)CN2CCC[C@@H]2c2ccc3c(c2)OCCO3)sc2c1CCC2. The molecule has 1 aromatic carbocycles. The molecule has 1 amide bonds. The van der Waals surface area contributed by atoms with E-state index in [9.17, 15) is 10.1 Å². The number of nitrogens with zero attached hydrogens (tertiary/aromatic N) is 2. The van der Waals surface area contributed by atoms with Gasteiger partial charge in [-0.05, 0) is 61.9 Å². The molecule has 0 bridgehead atoms. The predicted molar refractivity (Wildman–Crippen MR) is 111 cm³/mol. The summed E-state index contributed by atoms with van der Waals surface area (Å²) in [4.78, 5) is 16.2. The number of likely N-dealkylation sites (tertiary alicyclic amines) is 1. The minimum absolute atomic E-state index is 0.0501. The highest BCUT2D eigenvalue weighted by molar-refractivity contribution is 7.16. The number of thiophene rings is 1. The average Bonchev–Trinajstić information content (AvgIpc) is 3.44. The molecule has 7 heteroatoms. The van der Waals surface area contributed by atoms with Gasteiger partial charge in [-0.15, -0.1) is 11.3 Å². The molecule has 6 nitrogen and oxygen atoms in total. The van der Waals surface area contributed by atoms with Crippen molar-refractivity contribution in [3.63, 3.8) is 0 Å². The number of nitrogens with one attached hydrogen (secondary N) is 1. The van der Waals surface area contributed by atoms with Crippen molar-refractivity contribution in [1.82, 2.24) is 4.90 Å². The smallest absolute Gasteiger partial charge is 0.239 e. The van der Waals surface area contributed by atoms with Crippen molar-refractivity contribution in [1.29, 1.82) is 5.26 Å². The zero-order valence-corrected chi connectivity index (χ0v) is 17.0. The normalized spacial score (nSPS) is 20.3. The first kappa shape index (κ1) is 18.5. The Morgan fingerprint density at radius 2 is 2.10 bits per heavy atom. The molecule has 1 aromatic heterocycles. The molecule has 1 saturated heterocycles. The Morgan fingerprint density at radius 3 is 2.97 bits per heavy atom. The van der Waals surface area contributed by atoms with Crippen LogP contribution in [0.15, 0.2) is 18.2 Å². The van der Waals surface area contributed by atoms with Gasteiger partial charge in [-0.1, -0.05) is 6.07 Å². The Bertz CT molecular complexity index is 994. The second-order valence-corrected chi connectivity index (χ2v) is 8.86. The number of carbonyl (C=O) groups excluding carboxylic acids is 1. The topological polar surface area (TPSA) is 74.6 Å². The quantitative estimate of drug-likeness (QED) is 0.834. The molecule has 29 heavy (non-hydrogen) atoms. The Kier molecular flexibility index (Phi) is 4.90. The van der Waals surface area contributed by atoms with Crippen LogP contribution in [0.3, 0.4) is 0 Å². The maximum Gasteiger partial charge on any atom is 0.239 e. The van der Waals surface area contributed by atoms with E-state index >= 15 is 0 Å². The molecule has 2 aliphatic heterocycles. The highest BCUT2D eigenvalue weighted by atomic mass is 32.1. The van der Waals surface area contributed by atoms with Crippen LogP contribution in [0.2, 0.25) is 0 Å². The van der Waals surface area contributed by atoms with Crippen molar-refractivity contribution in [3.8, 4) is 17.6 Å². The van der Waals surface area contributed by atoms with E-state index in [0.717, 1.165) is 66.3 Å². The lowest BCUT2D eigenvalue weighted by atomic mass is 10.0. The molecule has 0 spiro atoms. The number of fused-ring (bicyclic) bond motifs is 2. The van der Waals surface area contributed by atoms with Gasteiger partial charge in [-0.2, -0.15) is 5.26 Å². The Morgan fingerprint density at radius 1 is 1.24 bits per heavy atom.